The zero-order chi connectivity index (χ0) is 18.9. The lowest BCUT2D eigenvalue weighted by molar-refractivity contribution is -0.118. The molecule has 0 atom stereocenters. The number of benzene rings is 1. The van der Waals surface area contributed by atoms with Crippen molar-refractivity contribution < 1.29 is 9.53 Å². The number of H-pyrrole nitrogens is 1. The lowest BCUT2D eigenvalue weighted by Gasteiger charge is -2.12. The van der Waals surface area contributed by atoms with Crippen LogP contribution in [0, 0.1) is 0 Å². The predicted molar refractivity (Wildman–Crippen MR) is 107 cm³/mol. The standard InChI is InChI=1S/C19H23ClN4O2S/c20-15-6-8-16(9-7-15)26-12-17-22-19(24-23-17)27-13-18(25)21-11-10-14-4-2-1-3-5-14/h4,6-9H,1-3,5,10-13H2,(H,21,25)(H,22,23,24). The number of amides is 1. The maximum atomic E-state index is 12.0. The van der Waals surface area contributed by atoms with Gasteiger partial charge in [0.1, 0.15) is 12.4 Å². The summed E-state index contributed by atoms with van der Waals surface area (Å²) in [6.07, 6.45) is 8.16. The SMILES string of the molecule is O=C(CSc1n[nH]c(COc2ccc(Cl)cc2)n1)NCCC1=CCCCC1. The van der Waals surface area contributed by atoms with Crippen LogP contribution in [0.15, 0.2) is 41.1 Å². The maximum absolute atomic E-state index is 12.0. The highest BCUT2D eigenvalue weighted by Gasteiger charge is 2.09. The zero-order valence-corrected chi connectivity index (χ0v) is 16.6. The quantitative estimate of drug-likeness (QED) is 0.483. The van der Waals surface area contributed by atoms with E-state index in [1.54, 1.807) is 24.3 Å². The minimum Gasteiger partial charge on any atom is -0.486 e. The summed E-state index contributed by atoms with van der Waals surface area (Å²) in [6.45, 7) is 0.968. The lowest BCUT2D eigenvalue weighted by atomic mass is 9.97. The minimum atomic E-state index is 0.000161. The molecule has 1 aliphatic carbocycles. The Balaban J connectivity index is 1.34. The van der Waals surface area contributed by atoms with Crippen molar-refractivity contribution in [2.24, 2.45) is 0 Å². The van der Waals surface area contributed by atoms with Gasteiger partial charge in [-0.1, -0.05) is 35.0 Å². The Kier molecular flexibility index (Phi) is 7.59. The third-order valence-corrected chi connectivity index (χ3v) is 5.29. The smallest absolute Gasteiger partial charge is 0.230 e. The molecule has 1 aromatic carbocycles. The number of carbonyl (C=O) groups excluding carboxylic acids is 1. The first kappa shape index (κ1) is 19.8. The summed E-state index contributed by atoms with van der Waals surface area (Å²) >= 11 is 7.15. The van der Waals surface area contributed by atoms with Crippen molar-refractivity contribution in [3.8, 4) is 5.75 Å². The molecule has 0 saturated carbocycles. The summed E-state index contributed by atoms with van der Waals surface area (Å²) < 4.78 is 5.61. The van der Waals surface area contributed by atoms with Crippen molar-refractivity contribution in [3.05, 3.63) is 46.8 Å². The van der Waals surface area contributed by atoms with Crippen LogP contribution < -0.4 is 10.1 Å². The lowest BCUT2D eigenvalue weighted by Crippen LogP contribution is -2.26. The summed E-state index contributed by atoms with van der Waals surface area (Å²) in [4.78, 5) is 16.3. The molecule has 2 aromatic rings. The van der Waals surface area contributed by atoms with Gasteiger partial charge in [-0.2, -0.15) is 0 Å². The van der Waals surface area contributed by atoms with Crippen LogP contribution in [0.4, 0.5) is 0 Å². The first-order valence-corrected chi connectivity index (χ1v) is 10.4. The summed E-state index contributed by atoms with van der Waals surface area (Å²) in [5, 5.41) is 11.1. The number of thioether (sulfide) groups is 1. The highest BCUT2D eigenvalue weighted by Crippen LogP contribution is 2.20. The molecule has 27 heavy (non-hydrogen) atoms. The van der Waals surface area contributed by atoms with E-state index >= 15 is 0 Å². The van der Waals surface area contributed by atoms with Crippen molar-refractivity contribution in [2.75, 3.05) is 12.3 Å². The van der Waals surface area contributed by atoms with Gasteiger partial charge in [0.15, 0.2) is 5.82 Å². The Hall–Kier alpha value is -1.99. The summed E-state index contributed by atoms with van der Waals surface area (Å²) in [5.74, 6) is 1.61. The van der Waals surface area contributed by atoms with Gasteiger partial charge in [0.2, 0.25) is 11.1 Å². The number of nitrogens with zero attached hydrogens (tertiary/aromatic N) is 2. The fourth-order valence-corrected chi connectivity index (χ4v) is 3.54. The molecule has 3 rings (SSSR count). The topological polar surface area (TPSA) is 79.9 Å². The van der Waals surface area contributed by atoms with Crippen molar-refractivity contribution in [1.82, 2.24) is 20.5 Å². The average Bonchev–Trinajstić information content (AvgIpc) is 3.15. The molecule has 144 valence electrons. The fraction of sp³-hybridized carbons (Fsp3) is 0.421. The molecule has 1 amide bonds. The molecular formula is C19H23ClN4O2S. The largest absolute Gasteiger partial charge is 0.486 e. The summed E-state index contributed by atoms with van der Waals surface area (Å²) in [5.41, 5.74) is 1.47. The fourth-order valence-electron chi connectivity index (χ4n) is 2.76. The van der Waals surface area contributed by atoms with Crippen molar-refractivity contribution in [3.63, 3.8) is 0 Å². The number of rotatable bonds is 9. The van der Waals surface area contributed by atoms with E-state index in [0.717, 1.165) is 6.42 Å². The third-order valence-electron chi connectivity index (χ3n) is 4.19. The second-order valence-corrected chi connectivity index (χ2v) is 7.68. The van der Waals surface area contributed by atoms with E-state index in [1.807, 2.05) is 0 Å². The summed E-state index contributed by atoms with van der Waals surface area (Å²) in [6, 6.07) is 7.12. The molecule has 0 radical (unpaired) electrons. The number of halogens is 1. The highest BCUT2D eigenvalue weighted by atomic mass is 35.5. The van der Waals surface area contributed by atoms with Crippen LogP contribution >= 0.6 is 23.4 Å². The predicted octanol–water partition coefficient (Wildman–Crippen LogP) is 4.14. The Bertz CT molecular complexity index is 776. The van der Waals surface area contributed by atoms with Crippen LogP contribution in [-0.4, -0.2) is 33.4 Å². The van der Waals surface area contributed by atoms with Crippen molar-refractivity contribution >= 4 is 29.3 Å². The minimum absolute atomic E-state index is 0.000161. The number of nitrogens with one attached hydrogen (secondary N) is 2. The molecular weight excluding hydrogens is 384 g/mol. The summed E-state index contributed by atoms with van der Waals surface area (Å²) in [7, 11) is 0. The van der Waals surface area contributed by atoms with E-state index in [9.17, 15) is 4.79 Å². The van der Waals surface area contributed by atoms with Crippen LogP contribution in [0.5, 0.6) is 5.75 Å². The van der Waals surface area contributed by atoms with Gasteiger partial charge in [-0.3, -0.25) is 9.89 Å². The van der Waals surface area contributed by atoms with Gasteiger partial charge in [-0.25, -0.2) is 4.98 Å². The molecule has 6 nitrogen and oxygen atoms in total. The van der Waals surface area contributed by atoms with Gasteiger partial charge in [0, 0.05) is 11.6 Å². The number of hydrogen-bond donors (Lipinski definition) is 2. The van der Waals surface area contributed by atoms with Crippen LogP contribution in [0.1, 0.15) is 37.9 Å². The second kappa shape index (κ2) is 10.4. The molecule has 1 aliphatic rings. The van der Waals surface area contributed by atoms with Gasteiger partial charge < -0.3 is 10.1 Å². The molecule has 1 heterocycles. The van der Waals surface area contributed by atoms with Crippen molar-refractivity contribution in [1.29, 1.82) is 0 Å². The van der Waals surface area contributed by atoms with Crippen LogP contribution in [-0.2, 0) is 11.4 Å². The second-order valence-electron chi connectivity index (χ2n) is 6.30. The van der Waals surface area contributed by atoms with E-state index in [1.165, 1.54) is 43.0 Å². The van der Waals surface area contributed by atoms with E-state index in [2.05, 4.69) is 26.6 Å². The molecule has 8 heteroatoms. The number of allylic oxidation sites excluding steroid dienone is 1. The number of aromatic amines is 1. The van der Waals surface area contributed by atoms with Crippen LogP contribution in [0.25, 0.3) is 0 Å². The number of ether oxygens (including phenoxy) is 1. The van der Waals surface area contributed by atoms with E-state index in [-0.39, 0.29) is 12.5 Å². The molecule has 1 aromatic heterocycles. The van der Waals surface area contributed by atoms with E-state index < -0.39 is 0 Å². The molecule has 2 N–H and O–H groups in total. The number of aromatic nitrogens is 3. The van der Waals surface area contributed by atoms with Crippen LogP contribution in [0.2, 0.25) is 5.02 Å². The Labute approximate surface area is 168 Å². The molecule has 0 spiro atoms. The Morgan fingerprint density at radius 2 is 2.15 bits per heavy atom. The maximum Gasteiger partial charge on any atom is 0.230 e. The average molecular weight is 407 g/mol. The van der Waals surface area contributed by atoms with Crippen LogP contribution in [0.3, 0.4) is 0 Å². The van der Waals surface area contributed by atoms with Crippen molar-refractivity contribution in [2.45, 2.75) is 43.9 Å². The molecule has 0 aliphatic heterocycles. The van der Waals surface area contributed by atoms with Gasteiger partial charge in [0.05, 0.1) is 5.75 Å². The van der Waals surface area contributed by atoms with E-state index in [0.29, 0.717) is 34.1 Å². The van der Waals surface area contributed by atoms with Gasteiger partial charge in [-0.15, -0.1) is 5.10 Å². The normalized spacial score (nSPS) is 13.9. The third kappa shape index (κ3) is 6.92. The molecule has 0 fully saturated rings. The van der Waals surface area contributed by atoms with Gasteiger partial charge >= 0.3 is 0 Å². The number of hydrogen-bond acceptors (Lipinski definition) is 5. The van der Waals surface area contributed by atoms with E-state index in [4.69, 9.17) is 16.3 Å². The zero-order valence-electron chi connectivity index (χ0n) is 15.0. The molecule has 0 bridgehead atoms. The Morgan fingerprint density at radius 3 is 2.93 bits per heavy atom. The highest BCUT2D eigenvalue weighted by molar-refractivity contribution is 7.99. The number of carbonyl (C=O) groups is 1. The van der Waals surface area contributed by atoms with Gasteiger partial charge in [0.25, 0.3) is 0 Å². The Morgan fingerprint density at radius 1 is 1.30 bits per heavy atom. The monoisotopic (exact) mass is 406 g/mol. The molecule has 0 saturated heterocycles. The van der Waals surface area contributed by atoms with Gasteiger partial charge in [-0.05, 0) is 56.4 Å². The molecule has 0 unspecified atom stereocenters. The first-order valence-electron chi connectivity index (χ1n) is 9.06. The first-order chi connectivity index (χ1) is 13.2.